The van der Waals surface area contributed by atoms with E-state index in [0.717, 1.165) is 6.20 Å². The van der Waals surface area contributed by atoms with Crippen LogP contribution in [-0.4, -0.2) is 11.5 Å². The van der Waals surface area contributed by atoms with E-state index < -0.39 is 5.92 Å². The normalized spacial score (nSPS) is 11.6. The molecule has 0 atom stereocenters. The molecule has 0 saturated carbocycles. The van der Waals surface area contributed by atoms with Gasteiger partial charge < -0.3 is 5.73 Å². The second-order valence-electron chi connectivity index (χ2n) is 2.48. The van der Waals surface area contributed by atoms with E-state index in [2.05, 4.69) is 4.98 Å². The van der Waals surface area contributed by atoms with E-state index in [0.29, 0.717) is 0 Å². The molecule has 0 amide bonds. The van der Waals surface area contributed by atoms with Crippen LogP contribution < -0.4 is 5.73 Å². The molecule has 4 heteroatoms. The van der Waals surface area contributed by atoms with E-state index in [4.69, 9.17) is 5.73 Å². The van der Waals surface area contributed by atoms with Gasteiger partial charge in [-0.05, 0) is 18.7 Å². The zero-order valence-corrected chi connectivity index (χ0v) is 6.50. The van der Waals surface area contributed by atoms with Gasteiger partial charge >= 0.3 is 0 Å². The van der Waals surface area contributed by atoms with Crippen molar-refractivity contribution in [1.29, 1.82) is 0 Å². The molecule has 0 aliphatic heterocycles. The Morgan fingerprint density at radius 2 is 2.25 bits per heavy atom. The number of alkyl halides is 2. The van der Waals surface area contributed by atoms with Crippen molar-refractivity contribution in [2.75, 3.05) is 6.54 Å². The molecule has 12 heavy (non-hydrogen) atoms. The highest BCUT2D eigenvalue weighted by molar-refractivity contribution is 5.14. The van der Waals surface area contributed by atoms with Crippen molar-refractivity contribution in [3.05, 3.63) is 30.1 Å². The lowest BCUT2D eigenvalue weighted by Crippen LogP contribution is -2.18. The Hall–Kier alpha value is -1.03. The van der Waals surface area contributed by atoms with Crippen LogP contribution in [-0.2, 0) is 5.92 Å². The van der Waals surface area contributed by atoms with Crippen LogP contribution in [0.5, 0.6) is 0 Å². The number of halogens is 2. The SMILES string of the molecule is NCCC(F)(F)c1cccnc1. The Labute approximate surface area is 69.4 Å². The minimum absolute atomic E-state index is 0.0259. The van der Waals surface area contributed by atoms with Gasteiger partial charge in [-0.25, -0.2) is 8.78 Å². The summed E-state index contributed by atoms with van der Waals surface area (Å²) in [6, 6.07) is 2.84. The number of hydrogen-bond acceptors (Lipinski definition) is 2. The molecular formula is C8H10F2N2. The van der Waals surface area contributed by atoms with E-state index in [9.17, 15) is 8.78 Å². The Morgan fingerprint density at radius 3 is 2.75 bits per heavy atom. The number of rotatable bonds is 3. The van der Waals surface area contributed by atoms with Crippen LogP contribution in [0.25, 0.3) is 0 Å². The van der Waals surface area contributed by atoms with Gasteiger partial charge in [0.1, 0.15) is 0 Å². The largest absolute Gasteiger partial charge is 0.330 e. The maximum absolute atomic E-state index is 13.0. The number of nitrogens with zero attached hydrogens (tertiary/aromatic N) is 1. The summed E-state index contributed by atoms with van der Waals surface area (Å²) in [6.45, 7) is -0.0259. The molecule has 0 bridgehead atoms. The average molecular weight is 172 g/mol. The lowest BCUT2D eigenvalue weighted by atomic mass is 10.1. The van der Waals surface area contributed by atoms with E-state index in [1.54, 1.807) is 0 Å². The molecule has 1 aromatic heterocycles. The molecule has 1 rings (SSSR count). The fourth-order valence-corrected chi connectivity index (χ4v) is 0.905. The third-order valence-corrected chi connectivity index (χ3v) is 1.54. The van der Waals surface area contributed by atoms with Gasteiger partial charge in [-0.15, -0.1) is 0 Å². The zero-order chi connectivity index (χ0) is 9.03. The molecule has 0 radical (unpaired) electrons. The van der Waals surface area contributed by atoms with Gasteiger partial charge in [0.2, 0.25) is 0 Å². The highest BCUT2D eigenvalue weighted by atomic mass is 19.3. The van der Waals surface area contributed by atoms with Crippen LogP contribution in [0, 0.1) is 0 Å². The first-order valence-corrected chi connectivity index (χ1v) is 3.65. The van der Waals surface area contributed by atoms with Crippen molar-refractivity contribution in [3.63, 3.8) is 0 Å². The van der Waals surface area contributed by atoms with Crippen molar-refractivity contribution in [2.24, 2.45) is 5.73 Å². The smallest absolute Gasteiger partial charge is 0.275 e. The van der Waals surface area contributed by atoms with Crippen LogP contribution in [0.15, 0.2) is 24.5 Å². The molecule has 2 N–H and O–H groups in total. The van der Waals surface area contributed by atoms with E-state index in [-0.39, 0.29) is 18.5 Å². The molecule has 1 heterocycles. The van der Waals surface area contributed by atoms with Gasteiger partial charge in [0, 0.05) is 24.4 Å². The molecule has 0 saturated heterocycles. The number of pyridine rings is 1. The standard InChI is InChI=1S/C8H10F2N2/c9-8(10,3-4-11)7-2-1-5-12-6-7/h1-2,5-6H,3-4,11H2. The topological polar surface area (TPSA) is 38.9 Å². The summed E-state index contributed by atoms with van der Waals surface area (Å²) in [5.74, 6) is -2.84. The van der Waals surface area contributed by atoms with E-state index in [1.807, 2.05) is 0 Å². The monoisotopic (exact) mass is 172 g/mol. The summed E-state index contributed by atoms with van der Waals surface area (Å²) in [5.41, 5.74) is 4.98. The first-order chi connectivity index (χ1) is 5.67. The number of hydrogen-bond donors (Lipinski definition) is 1. The lowest BCUT2D eigenvalue weighted by Gasteiger charge is -2.14. The third kappa shape index (κ3) is 1.98. The van der Waals surface area contributed by atoms with Gasteiger partial charge in [0.05, 0.1) is 0 Å². The maximum atomic E-state index is 13.0. The molecule has 0 unspecified atom stereocenters. The molecule has 2 nitrogen and oxygen atoms in total. The molecule has 1 aromatic rings. The van der Waals surface area contributed by atoms with Gasteiger partial charge in [-0.1, -0.05) is 0 Å². The van der Waals surface area contributed by atoms with Gasteiger partial charge in [-0.3, -0.25) is 4.98 Å². The van der Waals surface area contributed by atoms with E-state index in [1.165, 1.54) is 18.3 Å². The first kappa shape index (κ1) is 9.06. The van der Waals surface area contributed by atoms with Crippen molar-refractivity contribution in [3.8, 4) is 0 Å². The average Bonchev–Trinajstić information content (AvgIpc) is 2.06. The Bertz CT molecular complexity index is 236. The fraction of sp³-hybridized carbons (Fsp3) is 0.375. The first-order valence-electron chi connectivity index (χ1n) is 3.65. The molecule has 66 valence electrons. The second-order valence-corrected chi connectivity index (χ2v) is 2.48. The number of aromatic nitrogens is 1. The van der Waals surface area contributed by atoms with Gasteiger partial charge in [0.25, 0.3) is 5.92 Å². The van der Waals surface area contributed by atoms with Crippen LogP contribution in [0.3, 0.4) is 0 Å². The summed E-state index contributed by atoms with van der Waals surface area (Å²) in [4.78, 5) is 3.61. The van der Waals surface area contributed by atoms with E-state index >= 15 is 0 Å². The summed E-state index contributed by atoms with van der Waals surface area (Å²) in [5, 5.41) is 0. The third-order valence-electron chi connectivity index (χ3n) is 1.54. The highest BCUT2D eigenvalue weighted by Crippen LogP contribution is 2.29. The minimum atomic E-state index is -2.84. The van der Waals surface area contributed by atoms with Crippen LogP contribution in [0.1, 0.15) is 12.0 Å². The molecule has 0 aromatic carbocycles. The fourth-order valence-electron chi connectivity index (χ4n) is 0.905. The van der Waals surface area contributed by atoms with Crippen molar-refractivity contribution < 1.29 is 8.78 Å². The number of nitrogens with two attached hydrogens (primary N) is 1. The maximum Gasteiger partial charge on any atom is 0.275 e. The lowest BCUT2D eigenvalue weighted by molar-refractivity contribution is -0.0110. The quantitative estimate of drug-likeness (QED) is 0.750. The minimum Gasteiger partial charge on any atom is -0.330 e. The summed E-state index contributed by atoms with van der Waals surface area (Å²) in [6.07, 6.45) is 2.29. The molecule has 0 aliphatic rings. The second kappa shape index (κ2) is 3.58. The molecule has 0 fully saturated rings. The summed E-state index contributed by atoms with van der Waals surface area (Å²) in [7, 11) is 0. The zero-order valence-electron chi connectivity index (χ0n) is 6.50. The molecule has 0 spiro atoms. The van der Waals surface area contributed by atoms with Crippen LogP contribution in [0.2, 0.25) is 0 Å². The predicted octanol–water partition coefficient (Wildman–Crippen LogP) is 1.52. The highest BCUT2D eigenvalue weighted by Gasteiger charge is 2.30. The van der Waals surface area contributed by atoms with Crippen molar-refractivity contribution >= 4 is 0 Å². The summed E-state index contributed by atoms with van der Waals surface area (Å²) < 4.78 is 26.1. The summed E-state index contributed by atoms with van der Waals surface area (Å²) >= 11 is 0. The predicted molar refractivity (Wildman–Crippen MR) is 41.8 cm³/mol. The Morgan fingerprint density at radius 1 is 1.50 bits per heavy atom. The van der Waals surface area contributed by atoms with Crippen molar-refractivity contribution in [1.82, 2.24) is 4.98 Å². The van der Waals surface area contributed by atoms with Crippen LogP contribution >= 0.6 is 0 Å². The Balaban J connectivity index is 2.82. The Kier molecular flexibility index (Phi) is 2.70. The van der Waals surface area contributed by atoms with Crippen LogP contribution in [0.4, 0.5) is 8.78 Å². The van der Waals surface area contributed by atoms with Crippen molar-refractivity contribution in [2.45, 2.75) is 12.3 Å². The van der Waals surface area contributed by atoms with Gasteiger partial charge in [-0.2, -0.15) is 0 Å². The van der Waals surface area contributed by atoms with Gasteiger partial charge in [0.15, 0.2) is 0 Å². The molecule has 0 aliphatic carbocycles. The molecular weight excluding hydrogens is 162 g/mol.